The molecule has 4 heteroatoms. The van der Waals surface area contributed by atoms with Crippen LogP contribution in [0, 0.1) is 5.92 Å². The van der Waals surface area contributed by atoms with Crippen LogP contribution >= 0.6 is 0 Å². The van der Waals surface area contributed by atoms with E-state index in [-0.39, 0.29) is 23.7 Å². The van der Waals surface area contributed by atoms with E-state index in [4.69, 9.17) is 0 Å². The molecule has 29 heavy (non-hydrogen) atoms. The summed E-state index contributed by atoms with van der Waals surface area (Å²) in [5, 5.41) is 3.03. The zero-order valence-corrected chi connectivity index (χ0v) is 17.3. The van der Waals surface area contributed by atoms with Gasteiger partial charge in [0.15, 0.2) is 0 Å². The Hall–Kier alpha value is -2.62. The van der Waals surface area contributed by atoms with Crippen molar-refractivity contribution in [3.05, 3.63) is 71.8 Å². The van der Waals surface area contributed by atoms with Crippen molar-refractivity contribution in [2.24, 2.45) is 5.92 Å². The molecule has 0 bridgehead atoms. The van der Waals surface area contributed by atoms with E-state index in [1.54, 1.807) is 0 Å². The van der Waals surface area contributed by atoms with E-state index in [0.717, 1.165) is 49.9 Å². The van der Waals surface area contributed by atoms with Gasteiger partial charge >= 0.3 is 0 Å². The summed E-state index contributed by atoms with van der Waals surface area (Å²) in [4.78, 5) is 27.5. The summed E-state index contributed by atoms with van der Waals surface area (Å²) in [6.45, 7) is 4.12. The number of hydrogen-bond acceptors (Lipinski definition) is 2. The lowest BCUT2D eigenvalue weighted by Gasteiger charge is -2.33. The Morgan fingerprint density at radius 1 is 1.03 bits per heavy atom. The Labute approximate surface area is 174 Å². The minimum absolute atomic E-state index is 0.0312. The van der Waals surface area contributed by atoms with Crippen molar-refractivity contribution in [2.75, 3.05) is 19.6 Å². The Bertz CT molecular complexity index is 736. The van der Waals surface area contributed by atoms with Gasteiger partial charge in [0, 0.05) is 32.0 Å². The van der Waals surface area contributed by atoms with Gasteiger partial charge in [-0.2, -0.15) is 0 Å². The van der Waals surface area contributed by atoms with Crippen LogP contribution in [0.2, 0.25) is 0 Å². The van der Waals surface area contributed by atoms with E-state index in [2.05, 4.69) is 36.5 Å². The summed E-state index contributed by atoms with van der Waals surface area (Å²) >= 11 is 0. The van der Waals surface area contributed by atoms with Crippen molar-refractivity contribution in [1.29, 1.82) is 0 Å². The summed E-state index contributed by atoms with van der Waals surface area (Å²) in [7, 11) is 0. The zero-order valence-electron chi connectivity index (χ0n) is 17.3. The number of piperidine rings is 1. The van der Waals surface area contributed by atoms with Gasteiger partial charge in [0.1, 0.15) is 0 Å². The van der Waals surface area contributed by atoms with Gasteiger partial charge in [-0.1, -0.05) is 74.0 Å². The molecule has 0 radical (unpaired) electrons. The van der Waals surface area contributed by atoms with E-state index in [0.29, 0.717) is 13.0 Å². The van der Waals surface area contributed by atoms with Crippen molar-refractivity contribution in [3.8, 4) is 0 Å². The van der Waals surface area contributed by atoms with Crippen molar-refractivity contribution < 1.29 is 9.59 Å². The maximum absolute atomic E-state index is 13.2. The van der Waals surface area contributed by atoms with E-state index < -0.39 is 0 Å². The van der Waals surface area contributed by atoms with Crippen LogP contribution in [-0.4, -0.2) is 36.3 Å². The number of carbonyl (C=O) groups excluding carboxylic acids is 2. The molecular formula is C25H32N2O2. The topological polar surface area (TPSA) is 49.4 Å². The van der Waals surface area contributed by atoms with E-state index in [9.17, 15) is 9.59 Å². The number of likely N-dealkylation sites (tertiary alicyclic amines) is 1. The molecule has 1 aliphatic heterocycles. The summed E-state index contributed by atoms with van der Waals surface area (Å²) < 4.78 is 0. The van der Waals surface area contributed by atoms with Gasteiger partial charge in [-0.15, -0.1) is 0 Å². The first-order valence-electron chi connectivity index (χ1n) is 10.8. The first kappa shape index (κ1) is 21.1. The van der Waals surface area contributed by atoms with Crippen LogP contribution in [0.15, 0.2) is 60.7 Å². The van der Waals surface area contributed by atoms with Gasteiger partial charge in [-0.05, 0) is 30.4 Å². The van der Waals surface area contributed by atoms with Gasteiger partial charge in [-0.25, -0.2) is 0 Å². The number of rotatable bonds is 8. The minimum Gasteiger partial charge on any atom is -0.356 e. The van der Waals surface area contributed by atoms with E-state index in [1.165, 1.54) is 0 Å². The highest BCUT2D eigenvalue weighted by molar-refractivity contribution is 5.82. The molecule has 0 saturated carbocycles. The monoisotopic (exact) mass is 392 g/mol. The normalized spacial score (nSPS) is 16.6. The third-order valence-electron chi connectivity index (χ3n) is 5.76. The SMILES string of the molecule is CCCCNC(=O)C1CCCN(C(=O)CC(c2ccccc2)c2ccccc2)C1. The Balaban J connectivity index is 1.67. The smallest absolute Gasteiger partial charge is 0.224 e. The first-order chi connectivity index (χ1) is 14.2. The van der Waals surface area contributed by atoms with Gasteiger partial charge in [0.2, 0.25) is 11.8 Å². The maximum Gasteiger partial charge on any atom is 0.224 e. The molecule has 1 heterocycles. The molecule has 0 spiro atoms. The fraction of sp³-hybridized carbons (Fsp3) is 0.440. The van der Waals surface area contributed by atoms with Crippen LogP contribution in [0.3, 0.4) is 0 Å². The first-order valence-corrected chi connectivity index (χ1v) is 10.8. The number of nitrogens with zero attached hydrogens (tertiary/aromatic N) is 1. The molecule has 154 valence electrons. The maximum atomic E-state index is 13.2. The van der Waals surface area contributed by atoms with Crippen LogP contribution in [0.5, 0.6) is 0 Å². The van der Waals surface area contributed by atoms with Crippen LogP contribution in [0.4, 0.5) is 0 Å². The molecular weight excluding hydrogens is 360 g/mol. The Morgan fingerprint density at radius 3 is 2.24 bits per heavy atom. The minimum atomic E-state index is -0.0866. The average Bonchev–Trinajstić information content (AvgIpc) is 2.78. The summed E-state index contributed by atoms with van der Waals surface area (Å²) in [6.07, 6.45) is 4.24. The van der Waals surface area contributed by atoms with Gasteiger partial charge < -0.3 is 10.2 Å². The number of amides is 2. The molecule has 1 atom stereocenters. The standard InChI is InChI=1S/C25H32N2O2/c1-2-3-16-26-25(29)22-15-10-17-27(19-22)24(28)18-23(20-11-6-4-7-12-20)21-13-8-5-9-14-21/h4-9,11-14,22-23H,2-3,10,15-19H2,1H3,(H,26,29). The average molecular weight is 393 g/mol. The molecule has 1 N–H and O–H groups in total. The lowest BCUT2D eigenvalue weighted by Crippen LogP contribution is -2.45. The lowest BCUT2D eigenvalue weighted by atomic mass is 9.87. The highest BCUT2D eigenvalue weighted by Gasteiger charge is 2.29. The summed E-state index contributed by atoms with van der Waals surface area (Å²) in [5.74, 6) is 0.174. The van der Waals surface area contributed by atoms with Gasteiger partial charge in [-0.3, -0.25) is 9.59 Å². The second kappa shape index (κ2) is 10.8. The quantitative estimate of drug-likeness (QED) is 0.679. The third kappa shape index (κ3) is 5.93. The fourth-order valence-electron chi connectivity index (χ4n) is 4.05. The molecule has 1 aliphatic rings. The number of benzene rings is 2. The molecule has 1 unspecified atom stereocenters. The summed E-state index contributed by atoms with van der Waals surface area (Å²) in [5.41, 5.74) is 2.30. The van der Waals surface area contributed by atoms with Crippen molar-refractivity contribution in [2.45, 2.75) is 44.9 Å². The predicted octanol–water partition coefficient (Wildman–Crippen LogP) is 4.36. The second-order valence-electron chi connectivity index (χ2n) is 7.90. The molecule has 2 amide bonds. The molecule has 1 fully saturated rings. The number of unbranched alkanes of at least 4 members (excludes halogenated alkanes) is 1. The highest BCUT2D eigenvalue weighted by atomic mass is 16.2. The molecule has 4 nitrogen and oxygen atoms in total. The number of nitrogens with one attached hydrogen (secondary N) is 1. The van der Waals surface area contributed by atoms with Crippen molar-refractivity contribution in [3.63, 3.8) is 0 Å². The largest absolute Gasteiger partial charge is 0.356 e. The van der Waals surface area contributed by atoms with Crippen LogP contribution in [0.1, 0.15) is 56.1 Å². The molecule has 2 aromatic rings. The van der Waals surface area contributed by atoms with Crippen LogP contribution in [0.25, 0.3) is 0 Å². The predicted molar refractivity (Wildman–Crippen MR) is 117 cm³/mol. The number of carbonyl (C=O) groups is 2. The Morgan fingerprint density at radius 2 is 1.66 bits per heavy atom. The van der Waals surface area contributed by atoms with Crippen molar-refractivity contribution in [1.82, 2.24) is 10.2 Å². The fourth-order valence-corrected chi connectivity index (χ4v) is 4.05. The molecule has 2 aromatic carbocycles. The van der Waals surface area contributed by atoms with E-state index >= 15 is 0 Å². The van der Waals surface area contributed by atoms with Crippen LogP contribution < -0.4 is 5.32 Å². The number of hydrogen-bond donors (Lipinski definition) is 1. The Kier molecular flexibility index (Phi) is 7.85. The van der Waals surface area contributed by atoms with Crippen molar-refractivity contribution >= 4 is 11.8 Å². The summed E-state index contributed by atoms with van der Waals surface area (Å²) in [6, 6.07) is 20.4. The van der Waals surface area contributed by atoms with Gasteiger partial charge in [0.25, 0.3) is 0 Å². The van der Waals surface area contributed by atoms with E-state index in [1.807, 2.05) is 41.3 Å². The molecule has 3 rings (SSSR count). The molecule has 1 saturated heterocycles. The second-order valence-corrected chi connectivity index (χ2v) is 7.90. The highest BCUT2D eigenvalue weighted by Crippen LogP contribution is 2.29. The van der Waals surface area contributed by atoms with Crippen LogP contribution in [-0.2, 0) is 9.59 Å². The lowest BCUT2D eigenvalue weighted by molar-refractivity contribution is -0.135. The molecule has 0 aliphatic carbocycles. The zero-order chi connectivity index (χ0) is 20.5. The van der Waals surface area contributed by atoms with Gasteiger partial charge in [0.05, 0.1) is 5.92 Å². The third-order valence-corrected chi connectivity index (χ3v) is 5.76. The molecule has 0 aromatic heterocycles.